The number of benzene rings is 3. The van der Waals surface area contributed by atoms with Crippen molar-refractivity contribution in [3.63, 3.8) is 0 Å². The number of nitrogens with two attached hydrogens (primary N) is 1. The Kier molecular flexibility index (Phi) is 6.73. The van der Waals surface area contributed by atoms with Crippen molar-refractivity contribution in [2.45, 2.75) is 25.4 Å². The van der Waals surface area contributed by atoms with Gasteiger partial charge < -0.3 is 16.0 Å². The third kappa shape index (κ3) is 5.21. The summed E-state index contributed by atoms with van der Waals surface area (Å²) in [4.78, 5) is 24.3. The molecular formula is C30H28FN7O. The zero-order valence-corrected chi connectivity index (χ0v) is 21.3. The van der Waals surface area contributed by atoms with Gasteiger partial charge in [-0.1, -0.05) is 36.4 Å². The van der Waals surface area contributed by atoms with Crippen LogP contribution in [0.3, 0.4) is 0 Å². The number of hydrogen-bond acceptors (Lipinski definition) is 6. The van der Waals surface area contributed by atoms with E-state index in [2.05, 4.69) is 25.4 Å². The summed E-state index contributed by atoms with van der Waals surface area (Å²) in [7, 11) is 0. The molecule has 0 atom stereocenters. The number of aromatic amines is 1. The molecule has 0 unspecified atom stereocenters. The van der Waals surface area contributed by atoms with E-state index in [4.69, 9.17) is 10.7 Å². The first-order valence-corrected chi connectivity index (χ1v) is 13.0. The highest BCUT2D eigenvalue weighted by atomic mass is 19.1. The zero-order chi connectivity index (χ0) is 26.8. The predicted molar refractivity (Wildman–Crippen MR) is 150 cm³/mol. The monoisotopic (exact) mass is 521 g/mol. The summed E-state index contributed by atoms with van der Waals surface area (Å²) in [5, 5.41) is 11.2. The lowest BCUT2D eigenvalue weighted by atomic mass is 9.99. The molecule has 6 rings (SSSR count). The zero-order valence-electron chi connectivity index (χ0n) is 21.3. The van der Waals surface area contributed by atoms with Crippen molar-refractivity contribution < 1.29 is 9.18 Å². The van der Waals surface area contributed by atoms with E-state index in [1.165, 1.54) is 12.1 Å². The van der Waals surface area contributed by atoms with Crippen LogP contribution in [0.5, 0.6) is 0 Å². The molecule has 1 amide bonds. The Bertz CT molecular complexity index is 1630. The molecule has 5 aromatic rings. The number of carbonyl (C=O) groups excluding carboxylic acids is 1. The van der Waals surface area contributed by atoms with Crippen LogP contribution in [0.2, 0.25) is 0 Å². The highest BCUT2D eigenvalue weighted by Crippen LogP contribution is 2.32. The molecule has 1 saturated heterocycles. The number of hydrogen-bond donors (Lipinski definition) is 3. The number of piperidine rings is 1. The average molecular weight is 522 g/mol. The quantitative estimate of drug-likeness (QED) is 0.299. The first-order valence-electron chi connectivity index (χ1n) is 13.0. The standard InChI is InChI=1S/C30H28FN7O/c31-25-8-6-21(30(39)34-16-19-4-2-1-3-5-19)15-23(25)20-7-9-26-24(14-20)29(37-36-26)27-17-33-18-28(35-27)38-12-10-22(32)11-13-38/h1-9,14-15,17-18,22H,10-13,16,32H2,(H,34,39)(H,36,37). The van der Waals surface area contributed by atoms with Gasteiger partial charge in [0, 0.05) is 42.2 Å². The predicted octanol–water partition coefficient (Wildman–Crippen LogP) is 4.68. The van der Waals surface area contributed by atoms with Gasteiger partial charge in [-0.2, -0.15) is 5.10 Å². The Labute approximate surface area is 225 Å². The summed E-state index contributed by atoms with van der Waals surface area (Å²) >= 11 is 0. The van der Waals surface area contributed by atoms with Crippen molar-refractivity contribution in [3.8, 4) is 22.5 Å². The fourth-order valence-corrected chi connectivity index (χ4v) is 4.90. The molecule has 0 aliphatic carbocycles. The SMILES string of the molecule is NC1CCN(c2cncc(-c3n[nH]c4ccc(-c5cc(C(=O)NCc6ccccc6)ccc5F)cc34)n2)CC1. The summed E-state index contributed by atoms with van der Waals surface area (Å²) in [5.74, 6) is 0.104. The van der Waals surface area contributed by atoms with Crippen LogP contribution in [-0.4, -0.2) is 45.2 Å². The smallest absolute Gasteiger partial charge is 0.251 e. The largest absolute Gasteiger partial charge is 0.355 e. The van der Waals surface area contributed by atoms with Gasteiger partial charge >= 0.3 is 0 Å². The fourth-order valence-electron chi connectivity index (χ4n) is 4.90. The number of rotatable bonds is 6. The van der Waals surface area contributed by atoms with Crippen LogP contribution < -0.4 is 16.0 Å². The summed E-state index contributed by atoms with van der Waals surface area (Å²) in [5.41, 5.74) is 10.4. The van der Waals surface area contributed by atoms with Crippen LogP contribution in [0.15, 0.2) is 79.1 Å². The first-order chi connectivity index (χ1) is 19.0. The van der Waals surface area contributed by atoms with Crippen LogP contribution >= 0.6 is 0 Å². The van der Waals surface area contributed by atoms with Gasteiger partial charge in [0.2, 0.25) is 0 Å². The lowest BCUT2D eigenvalue weighted by Gasteiger charge is -2.30. The number of amides is 1. The van der Waals surface area contributed by atoms with Gasteiger partial charge in [0.1, 0.15) is 23.0 Å². The van der Waals surface area contributed by atoms with Crippen LogP contribution in [-0.2, 0) is 6.54 Å². The third-order valence-electron chi connectivity index (χ3n) is 7.13. The normalized spacial score (nSPS) is 14.1. The maximum absolute atomic E-state index is 15.0. The topological polar surface area (TPSA) is 113 Å². The minimum atomic E-state index is -0.413. The molecule has 8 nitrogen and oxygen atoms in total. The molecule has 2 aromatic heterocycles. The summed E-state index contributed by atoms with van der Waals surface area (Å²) in [6.45, 7) is 2.06. The van der Waals surface area contributed by atoms with Crippen molar-refractivity contribution >= 4 is 22.6 Å². The minimum absolute atomic E-state index is 0.222. The number of anilines is 1. The number of nitrogens with one attached hydrogen (secondary N) is 2. The highest BCUT2D eigenvalue weighted by Gasteiger charge is 2.20. The molecule has 9 heteroatoms. The van der Waals surface area contributed by atoms with E-state index in [0.717, 1.165) is 48.2 Å². The Balaban J connectivity index is 1.29. The van der Waals surface area contributed by atoms with Crippen LogP contribution in [0, 0.1) is 5.82 Å². The molecule has 1 aliphatic heterocycles. The van der Waals surface area contributed by atoms with Gasteiger partial charge in [-0.25, -0.2) is 9.37 Å². The van der Waals surface area contributed by atoms with Gasteiger partial charge in [0.05, 0.1) is 17.9 Å². The van der Waals surface area contributed by atoms with Crippen molar-refractivity contribution in [1.29, 1.82) is 0 Å². The third-order valence-corrected chi connectivity index (χ3v) is 7.13. The van der Waals surface area contributed by atoms with E-state index in [1.807, 2.05) is 48.5 Å². The van der Waals surface area contributed by atoms with Gasteiger partial charge in [-0.15, -0.1) is 0 Å². The van der Waals surface area contributed by atoms with E-state index < -0.39 is 5.82 Å². The van der Waals surface area contributed by atoms with Gasteiger partial charge in [-0.3, -0.25) is 14.9 Å². The minimum Gasteiger partial charge on any atom is -0.355 e. The number of halogens is 1. The molecule has 0 bridgehead atoms. The van der Waals surface area contributed by atoms with Crippen LogP contribution in [0.25, 0.3) is 33.4 Å². The maximum atomic E-state index is 15.0. The van der Waals surface area contributed by atoms with Crippen molar-refractivity contribution in [3.05, 3.63) is 96.1 Å². The second-order valence-corrected chi connectivity index (χ2v) is 9.78. The van der Waals surface area contributed by atoms with E-state index in [0.29, 0.717) is 34.6 Å². The lowest BCUT2D eigenvalue weighted by Crippen LogP contribution is -2.40. The molecule has 4 N–H and O–H groups in total. The van der Waals surface area contributed by atoms with E-state index in [9.17, 15) is 4.79 Å². The Morgan fingerprint density at radius 3 is 2.69 bits per heavy atom. The molecule has 1 aliphatic rings. The lowest BCUT2D eigenvalue weighted by molar-refractivity contribution is 0.0951. The average Bonchev–Trinajstić information content (AvgIpc) is 3.40. The Morgan fingerprint density at radius 1 is 1.05 bits per heavy atom. The van der Waals surface area contributed by atoms with Crippen molar-refractivity contribution in [1.82, 2.24) is 25.5 Å². The number of H-pyrrole nitrogens is 1. The molecule has 196 valence electrons. The second-order valence-electron chi connectivity index (χ2n) is 9.78. The number of fused-ring (bicyclic) bond motifs is 1. The highest BCUT2D eigenvalue weighted by molar-refractivity contribution is 5.97. The molecule has 0 saturated carbocycles. The molecule has 1 fully saturated rings. The van der Waals surface area contributed by atoms with E-state index >= 15 is 4.39 Å². The van der Waals surface area contributed by atoms with Gasteiger partial charge in [0.25, 0.3) is 5.91 Å². The molecule has 0 spiro atoms. The van der Waals surface area contributed by atoms with Gasteiger partial charge in [-0.05, 0) is 54.3 Å². The van der Waals surface area contributed by atoms with Gasteiger partial charge in [0.15, 0.2) is 0 Å². The Morgan fingerprint density at radius 2 is 1.87 bits per heavy atom. The number of carbonyl (C=O) groups is 1. The van der Waals surface area contributed by atoms with E-state index in [-0.39, 0.29) is 11.9 Å². The summed E-state index contributed by atoms with van der Waals surface area (Å²) in [6.07, 6.45) is 5.26. The molecule has 3 heterocycles. The maximum Gasteiger partial charge on any atom is 0.251 e. The number of aromatic nitrogens is 4. The van der Waals surface area contributed by atoms with Crippen molar-refractivity contribution in [2.75, 3.05) is 18.0 Å². The molecular weight excluding hydrogens is 493 g/mol. The Hall–Kier alpha value is -4.63. The summed E-state index contributed by atoms with van der Waals surface area (Å²) in [6, 6.07) is 19.8. The van der Waals surface area contributed by atoms with Crippen LogP contribution in [0.4, 0.5) is 10.2 Å². The molecule has 0 radical (unpaired) electrons. The van der Waals surface area contributed by atoms with Crippen molar-refractivity contribution in [2.24, 2.45) is 5.73 Å². The molecule has 39 heavy (non-hydrogen) atoms. The number of nitrogens with zero attached hydrogens (tertiary/aromatic N) is 4. The first kappa shape index (κ1) is 24.7. The fraction of sp³-hybridized carbons (Fsp3) is 0.200. The summed E-state index contributed by atoms with van der Waals surface area (Å²) < 4.78 is 15.0. The molecule has 3 aromatic carbocycles. The second kappa shape index (κ2) is 10.6. The van der Waals surface area contributed by atoms with Crippen LogP contribution in [0.1, 0.15) is 28.8 Å². The van der Waals surface area contributed by atoms with E-state index in [1.54, 1.807) is 18.5 Å².